The molecule has 0 heterocycles. The summed E-state index contributed by atoms with van der Waals surface area (Å²) >= 11 is 0. The normalized spacial score (nSPS) is 13.0. The van der Waals surface area contributed by atoms with Crippen molar-refractivity contribution in [3.63, 3.8) is 0 Å². The van der Waals surface area contributed by atoms with Crippen LogP contribution in [0.2, 0.25) is 0 Å². The van der Waals surface area contributed by atoms with Gasteiger partial charge in [0.2, 0.25) is 0 Å². The van der Waals surface area contributed by atoms with Gasteiger partial charge in [-0.1, -0.05) is 30.3 Å². The van der Waals surface area contributed by atoms with Crippen molar-refractivity contribution in [2.45, 2.75) is 17.9 Å². The van der Waals surface area contributed by atoms with Gasteiger partial charge in [-0.25, -0.2) is 8.42 Å². The Morgan fingerprint density at radius 3 is 2.22 bits per heavy atom. The van der Waals surface area contributed by atoms with E-state index in [4.69, 9.17) is 4.74 Å². The molecule has 0 amide bonds. The summed E-state index contributed by atoms with van der Waals surface area (Å²) in [4.78, 5) is 2.42. The van der Waals surface area contributed by atoms with E-state index in [1.165, 1.54) is 0 Å². The molecule has 0 aliphatic rings. The first-order valence-electron chi connectivity index (χ1n) is 7.56. The van der Waals surface area contributed by atoms with Crippen molar-refractivity contribution < 1.29 is 13.2 Å². The fourth-order valence-corrected chi connectivity index (χ4v) is 3.68. The molecule has 1 atom stereocenters. The zero-order chi connectivity index (χ0) is 16.9. The van der Waals surface area contributed by atoms with Crippen molar-refractivity contribution in [2.24, 2.45) is 0 Å². The van der Waals surface area contributed by atoms with Crippen molar-refractivity contribution in [1.82, 2.24) is 4.90 Å². The molecule has 4 nitrogen and oxygen atoms in total. The summed E-state index contributed by atoms with van der Waals surface area (Å²) in [5, 5.41) is 0. The molecule has 23 heavy (non-hydrogen) atoms. The van der Waals surface area contributed by atoms with Crippen LogP contribution in [-0.4, -0.2) is 39.8 Å². The zero-order valence-electron chi connectivity index (χ0n) is 13.8. The predicted molar refractivity (Wildman–Crippen MR) is 92.5 cm³/mol. The van der Waals surface area contributed by atoms with Gasteiger partial charge in [0.15, 0.2) is 9.84 Å². The number of nitrogens with zero attached hydrogens (tertiary/aromatic N) is 1. The summed E-state index contributed by atoms with van der Waals surface area (Å²) in [6.45, 7) is 2.54. The molecular formula is C18H23NO3S. The quantitative estimate of drug-likeness (QED) is 0.781. The molecule has 0 radical (unpaired) electrons. The van der Waals surface area contributed by atoms with Crippen LogP contribution in [0.3, 0.4) is 0 Å². The van der Waals surface area contributed by atoms with E-state index >= 15 is 0 Å². The van der Waals surface area contributed by atoms with E-state index in [2.05, 4.69) is 6.92 Å². The topological polar surface area (TPSA) is 46.6 Å². The van der Waals surface area contributed by atoms with Gasteiger partial charge in [-0.05, 0) is 43.8 Å². The highest BCUT2D eigenvalue weighted by Crippen LogP contribution is 2.22. The highest BCUT2D eigenvalue weighted by atomic mass is 32.2. The number of ether oxygens (including phenoxy) is 1. The largest absolute Gasteiger partial charge is 0.497 e. The van der Waals surface area contributed by atoms with Gasteiger partial charge in [-0.3, -0.25) is 4.90 Å². The van der Waals surface area contributed by atoms with Crippen LogP contribution in [0.25, 0.3) is 0 Å². The lowest BCUT2D eigenvalue weighted by Crippen LogP contribution is -2.28. The minimum absolute atomic E-state index is 0.105. The number of hydrogen-bond donors (Lipinski definition) is 0. The molecular weight excluding hydrogens is 310 g/mol. The molecule has 0 N–H and O–H groups in total. The lowest BCUT2D eigenvalue weighted by molar-refractivity contribution is 0.276. The van der Waals surface area contributed by atoms with Crippen molar-refractivity contribution in [1.29, 1.82) is 0 Å². The lowest BCUT2D eigenvalue weighted by Gasteiger charge is -2.25. The molecule has 0 spiro atoms. The summed E-state index contributed by atoms with van der Waals surface area (Å²) in [6, 6.07) is 16.6. The lowest BCUT2D eigenvalue weighted by atomic mass is 10.1. The Bertz CT molecular complexity index is 712. The maximum Gasteiger partial charge on any atom is 0.179 e. The van der Waals surface area contributed by atoms with Gasteiger partial charge < -0.3 is 4.74 Å². The Kier molecular flexibility index (Phi) is 5.80. The van der Waals surface area contributed by atoms with Crippen molar-refractivity contribution in [3.8, 4) is 5.75 Å². The van der Waals surface area contributed by atoms with Gasteiger partial charge >= 0.3 is 0 Å². The Morgan fingerprint density at radius 2 is 1.65 bits per heavy atom. The van der Waals surface area contributed by atoms with Crippen LogP contribution >= 0.6 is 0 Å². The first-order valence-corrected chi connectivity index (χ1v) is 9.21. The molecule has 0 bridgehead atoms. The van der Waals surface area contributed by atoms with E-state index in [1.807, 2.05) is 42.3 Å². The van der Waals surface area contributed by atoms with Crippen LogP contribution in [0.4, 0.5) is 0 Å². The molecule has 2 aromatic carbocycles. The fourth-order valence-electron chi connectivity index (χ4n) is 2.34. The van der Waals surface area contributed by atoms with Crippen molar-refractivity contribution in [2.75, 3.05) is 26.5 Å². The second-order valence-corrected chi connectivity index (χ2v) is 7.67. The average Bonchev–Trinajstić information content (AvgIpc) is 2.60. The second-order valence-electron chi connectivity index (χ2n) is 5.56. The molecule has 0 saturated carbocycles. The minimum Gasteiger partial charge on any atom is -0.497 e. The van der Waals surface area contributed by atoms with Gasteiger partial charge in [-0.15, -0.1) is 0 Å². The number of methoxy groups -OCH3 is 1. The Hall–Kier alpha value is -1.85. The molecule has 0 aliphatic heterocycles. The third-order valence-corrected chi connectivity index (χ3v) is 5.78. The number of sulfone groups is 1. The molecule has 124 valence electrons. The van der Waals surface area contributed by atoms with E-state index in [1.54, 1.807) is 31.4 Å². The summed E-state index contributed by atoms with van der Waals surface area (Å²) in [6.07, 6.45) is 0. The first-order chi connectivity index (χ1) is 10.9. The average molecular weight is 333 g/mol. The molecule has 0 aromatic heterocycles. The van der Waals surface area contributed by atoms with Crippen LogP contribution in [0.15, 0.2) is 59.5 Å². The molecule has 0 aliphatic carbocycles. The molecule has 0 saturated heterocycles. The Morgan fingerprint density at radius 1 is 1.04 bits per heavy atom. The van der Waals surface area contributed by atoms with Crippen LogP contribution in [0, 0.1) is 0 Å². The molecule has 2 aromatic rings. The van der Waals surface area contributed by atoms with Crippen LogP contribution in [0.5, 0.6) is 5.75 Å². The number of benzene rings is 2. The summed E-state index contributed by atoms with van der Waals surface area (Å²) < 4.78 is 29.8. The molecule has 1 unspecified atom stereocenters. The summed E-state index contributed by atoms with van der Waals surface area (Å²) in [5.74, 6) is 0.920. The molecule has 5 heteroatoms. The first kappa shape index (κ1) is 17.5. The SMILES string of the molecule is COc1ccc(C(C)N(C)CCS(=O)(=O)c2ccccc2)cc1. The summed E-state index contributed by atoms with van der Waals surface area (Å²) in [7, 11) is 0.334. The maximum absolute atomic E-state index is 12.3. The third-order valence-electron chi connectivity index (χ3n) is 4.07. The van der Waals surface area contributed by atoms with Gasteiger partial charge in [0.1, 0.15) is 5.75 Å². The van der Waals surface area contributed by atoms with Gasteiger partial charge in [0, 0.05) is 12.6 Å². The zero-order valence-corrected chi connectivity index (χ0v) is 14.6. The minimum atomic E-state index is -3.24. The Balaban J connectivity index is 1.99. The summed E-state index contributed by atoms with van der Waals surface area (Å²) in [5.41, 5.74) is 1.13. The van der Waals surface area contributed by atoms with Crippen LogP contribution in [0.1, 0.15) is 18.5 Å². The van der Waals surface area contributed by atoms with E-state index in [9.17, 15) is 8.42 Å². The van der Waals surface area contributed by atoms with Gasteiger partial charge in [-0.2, -0.15) is 0 Å². The predicted octanol–water partition coefficient (Wildman–Crippen LogP) is 3.16. The van der Waals surface area contributed by atoms with E-state index in [0.717, 1.165) is 11.3 Å². The highest BCUT2D eigenvalue weighted by Gasteiger charge is 2.18. The second kappa shape index (κ2) is 7.62. The monoisotopic (exact) mass is 333 g/mol. The smallest absolute Gasteiger partial charge is 0.179 e. The van der Waals surface area contributed by atoms with E-state index in [0.29, 0.717) is 11.4 Å². The van der Waals surface area contributed by atoms with Crippen molar-refractivity contribution in [3.05, 3.63) is 60.2 Å². The number of hydrogen-bond acceptors (Lipinski definition) is 4. The van der Waals surface area contributed by atoms with Gasteiger partial charge in [0.05, 0.1) is 17.8 Å². The maximum atomic E-state index is 12.3. The fraction of sp³-hybridized carbons (Fsp3) is 0.333. The van der Waals surface area contributed by atoms with Gasteiger partial charge in [0.25, 0.3) is 0 Å². The van der Waals surface area contributed by atoms with E-state index in [-0.39, 0.29) is 11.8 Å². The molecule has 2 rings (SSSR count). The van der Waals surface area contributed by atoms with E-state index < -0.39 is 9.84 Å². The highest BCUT2D eigenvalue weighted by molar-refractivity contribution is 7.91. The van der Waals surface area contributed by atoms with Crippen molar-refractivity contribution >= 4 is 9.84 Å². The van der Waals surface area contributed by atoms with Crippen LogP contribution in [-0.2, 0) is 9.84 Å². The third kappa shape index (κ3) is 4.56. The number of rotatable bonds is 7. The standard InChI is InChI=1S/C18H23NO3S/c1-15(16-9-11-17(22-3)12-10-16)19(2)13-14-23(20,21)18-7-5-4-6-8-18/h4-12,15H,13-14H2,1-3H3. The molecule has 0 fully saturated rings. The Labute approximate surface area is 138 Å². The van der Waals surface area contributed by atoms with Crippen LogP contribution < -0.4 is 4.74 Å².